The molecule has 0 spiro atoms. The molecule has 2 fully saturated rings. The third-order valence-corrected chi connectivity index (χ3v) is 7.27. The molecule has 2 aliphatic rings. The van der Waals surface area contributed by atoms with Gasteiger partial charge in [-0.2, -0.15) is 11.8 Å². The summed E-state index contributed by atoms with van der Waals surface area (Å²) >= 11 is 1.98. The Balaban J connectivity index is 0.000000224. The van der Waals surface area contributed by atoms with Crippen molar-refractivity contribution in [2.75, 3.05) is 24.0 Å². The lowest BCUT2D eigenvalue weighted by atomic mass is 9.68. The molecule has 0 amide bonds. The Morgan fingerprint density at radius 1 is 0.909 bits per heavy atom. The van der Waals surface area contributed by atoms with Crippen LogP contribution in [0.15, 0.2) is 0 Å². The SMILES string of the molecule is CC1(CCCS(C)(=O)=O)CCC1.CSCCCC1(C)CCC1. The average Bonchev–Trinajstić information content (AvgIpc) is 2.34. The Kier molecular flexibility index (Phi) is 8.29. The minimum atomic E-state index is -2.73. The van der Waals surface area contributed by atoms with Crippen molar-refractivity contribution in [1.82, 2.24) is 0 Å². The standard InChI is InChI=1S/C9H18O2S.C9H18S/c1-9(5-3-6-9)7-4-8-12(2,10)11;1-9(5-3-6-9)7-4-8-10-2/h3-8H2,1-2H3;3-8H2,1-2H3. The van der Waals surface area contributed by atoms with E-state index >= 15 is 0 Å². The molecule has 0 aromatic carbocycles. The van der Waals surface area contributed by atoms with Crippen LogP contribution in [0.4, 0.5) is 0 Å². The van der Waals surface area contributed by atoms with E-state index in [1.165, 1.54) is 63.4 Å². The van der Waals surface area contributed by atoms with Crippen LogP contribution in [0.2, 0.25) is 0 Å². The number of sulfone groups is 1. The number of hydrogen-bond donors (Lipinski definition) is 0. The highest BCUT2D eigenvalue weighted by atomic mass is 32.2. The van der Waals surface area contributed by atoms with Gasteiger partial charge in [-0.25, -0.2) is 8.42 Å². The van der Waals surface area contributed by atoms with Gasteiger partial charge in [-0.1, -0.05) is 26.7 Å². The van der Waals surface area contributed by atoms with Crippen LogP contribution in [0.1, 0.15) is 78.1 Å². The van der Waals surface area contributed by atoms with Gasteiger partial charge in [0.05, 0.1) is 0 Å². The molecule has 2 saturated carbocycles. The van der Waals surface area contributed by atoms with Crippen LogP contribution in [0, 0.1) is 10.8 Å². The molecular formula is C18H36O2S2. The predicted octanol–water partition coefficient (Wildman–Crippen LogP) is 5.32. The first-order valence-electron chi connectivity index (χ1n) is 8.85. The van der Waals surface area contributed by atoms with Gasteiger partial charge in [0, 0.05) is 12.0 Å². The van der Waals surface area contributed by atoms with Crippen LogP contribution in [-0.4, -0.2) is 32.4 Å². The van der Waals surface area contributed by atoms with E-state index in [9.17, 15) is 8.42 Å². The zero-order valence-corrected chi connectivity index (χ0v) is 16.8. The molecule has 0 bridgehead atoms. The van der Waals surface area contributed by atoms with Crippen molar-refractivity contribution in [2.24, 2.45) is 10.8 Å². The fourth-order valence-corrected chi connectivity index (χ4v) is 4.57. The minimum Gasteiger partial charge on any atom is -0.229 e. The highest BCUT2D eigenvalue weighted by molar-refractivity contribution is 7.98. The van der Waals surface area contributed by atoms with Crippen LogP contribution in [-0.2, 0) is 9.84 Å². The van der Waals surface area contributed by atoms with E-state index in [2.05, 4.69) is 20.1 Å². The summed E-state index contributed by atoms with van der Waals surface area (Å²) in [6.45, 7) is 4.70. The van der Waals surface area contributed by atoms with Crippen LogP contribution in [0.3, 0.4) is 0 Å². The van der Waals surface area contributed by atoms with E-state index in [-0.39, 0.29) is 0 Å². The van der Waals surface area contributed by atoms with Crippen LogP contribution in [0.25, 0.3) is 0 Å². The minimum absolute atomic E-state index is 0.364. The summed E-state index contributed by atoms with van der Waals surface area (Å²) in [6.07, 6.45) is 16.7. The summed E-state index contributed by atoms with van der Waals surface area (Å²) in [5.74, 6) is 1.72. The highest BCUT2D eigenvalue weighted by Gasteiger charge is 2.31. The molecule has 0 aromatic rings. The summed E-state index contributed by atoms with van der Waals surface area (Å²) in [5, 5.41) is 0. The van der Waals surface area contributed by atoms with Crippen molar-refractivity contribution in [2.45, 2.75) is 78.1 Å². The lowest BCUT2D eigenvalue weighted by Gasteiger charge is -2.38. The zero-order valence-electron chi connectivity index (χ0n) is 15.1. The number of rotatable bonds is 8. The Morgan fingerprint density at radius 3 is 1.68 bits per heavy atom. The van der Waals surface area contributed by atoms with Crippen molar-refractivity contribution >= 4 is 21.6 Å². The summed E-state index contributed by atoms with van der Waals surface area (Å²) < 4.78 is 21.6. The number of hydrogen-bond acceptors (Lipinski definition) is 3. The number of thioether (sulfide) groups is 1. The highest BCUT2D eigenvalue weighted by Crippen LogP contribution is 2.44. The average molecular weight is 349 g/mol. The Labute approximate surface area is 143 Å². The summed E-state index contributed by atoms with van der Waals surface area (Å²) in [5.41, 5.74) is 1.24. The molecule has 0 N–H and O–H groups in total. The topological polar surface area (TPSA) is 34.1 Å². The third kappa shape index (κ3) is 8.24. The predicted molar refractivity (Wildman–Crippen MR) is 100 cm³/mol. The second-order valence-electron chi connectivity index (χ2n) is 8.16. The van der Waals surface area contributed by atoms with Gasteiger partial charge in [0.15, 0.2) is 0 Å². The monoisotopic (exact) mass is 348 g/mol. The third-order valence-electron chi connectivity index (χ3n) is 5.55. The Morgan fingerprint density at radius 2 is 1.36 bits per heavy atom. The van der Waals surface area contributed by atoms with E-state index in [0.29, 0.717) is 11.2 Å². The maximum Gasteiger partial charge on any atom is 0.147 e. The Bertz CT molecular complexity index is 407. The van der Waals surface area contributed by atoms with Gasteiger partial charge >= 0.3 is 0 Å². The molecule has 0 atom stereocenters. The van der Waals surface area contributed by atoms with E-state index in [0.717, 1.165) is 18.3 Å². The van der Waals surface area contributed by atoms with Crippen molar-refractivity contribution < 1.29 is 8.42 Å². The molecule has 0 aromatic heterocycles. The molecule has 0 saturated heterocycles. The van der Waals surface area contributed by atoms with Crippen molar-refractivity contribution in [1.29, 1.82) is 0 Å². The summed E-state index contributed by atoms with van der Waals surface area (Å²) in [6, 6.07) is 0. The first kappa shape index (κ1) is 20.3. The lowest BCUT2D eigenvalue weighted by molar-refractivity contribution is 0.145. The van der Waals surface area contributed by atoms with E-state index < -0.39 is 9.84 Å². The van der Waals surface area contributed by atoms with Crippen molar-refractivity contribution in [3.63, 3.8) is 0 Å². The first-order chi connectivity index (χ1) is 10.2. The van der Waals surface area contributed by atoms with E-state index in [1.807, 2.05) is 11.8 Å². The van der Waals surface area contributed by atoms with Gasteiger partial charge in [0.25, 0.3) is 0 Å². The van der Waals surface area contributed by atoms with E-state index in [4.69, 9.17) is 0 Å². The molecule has 0 unspecified atom stereocenters. The lowest BCUT2D eigenvalue weighted by Crippen LogP contribution is -2.25. The first-order valence-corrected chi connectivity index (χ1v) is 12.3. The maximum atomic E-state index is 10.8. The van der Waals surface area contributed by atoms with Gasteiger partial charge in [-0.15, -0.1) is 0 Å². The van der Waals surface area contributed by atoms with Crippen molar-refractivity contribution in [3.05, 3.63) is 0 Å². The van der Waals surface area contributed by atoms with Gasteiger partial charge < -0.3 is 0 Å². The maximum absolute atomic E-state index is 10.8. The van der Waals surface area contributed by atoms with Gasteiger partial charge in [-0.05, 0) is 74.2 Å². The van der Waals surface area contributed by atoms with E-state index in [1.54, 1.807) is 0 Å². The fraction of sp³-hybridized carbons (Fsp3) is 1.00. The molecule has 22 heavy (non-hydrogen) atoms. The second-order valence-corrected chi connectivity index (χ2v) is 11.4. The zero-order chi connectivity index (χ0) is 16.7. The van der Waals surface area contributed by atoms with Gasteiger partial charge in [0.1, 0.15) is 9.84 Å². The molecule has 2 rings (SSSR count). The molecule has 132 valence electrons. The molecule has 2 aliphatic carbocycles. The van der Waals surface area contributed by atoms with Gasteiger partial charge in [0.2, 0.25) is 0 Å². The van der Waals surface area contributed by atoms with Crippen LogP contribution < -0.4 is 0 Å². The van der Waals surface area contributed by atoms with Crippen molar-refractivity contribution in [3.8, 4) is 0 Å². The molecular weight excluding hydrogens is 312 g/mol. The molecule has 0 aliphatic heterocycles. The molecule has 4 heteroatoms. The Hall–Kier alpha value is 0.300. The molecule has 0 radical (unpaired) electrons. The fourth-order valence-electron chi connectivity index (χ4n) is 3.47. The summed E-state index contributed by atoms with van der Waals surface area (Å²) in [7, 11) is -2.73. The normalized spacial score (nSPS) is 22.0. The summed E-state index contributed by atoms with van der Waals surface area (Å²) in [4.78, 5) is 0. The van der Waals surface area contributed by atoms with Gasteiger partial charge in [-0.3, -0.25) is 0 Å². The molecule has 2 nitrogen and oxygen atoms in total. The molecule has 0 heterocycles. The second kappa shape index (κ2) is 8.96. The smallest absolute Gasteiger partial charge is 0.147 e. The largest absolute Gasteiger partial charge is 0.229 e. The van der Waals surface area contributed by atoms with Crippen LogP contribution in [0.5, 0.6) is 0 Å². The quantitative estimate of drug-likeness (QED) is 0.557. The van der Waals surface area contributed by atoms with Crippen LogP contribution >= 0.6 is 11.8 Å².